The average molecular weight is 569 g/mol. The third kappa shape index (κ3) is 6.20. The summed E-state index contributed by atoms with van der Waals surface area (Å²) in [4.78, 5) is 40.5. The van der Waals surface area contributed by atoms with Gasteiger partial charge in [-0.05, 0) is 71.8 Å². The van der Waals surface area contributed by atoms with E-state index >= 15 is 0 Å². The fourth-order valence-corrected chi connectivity index (χ4v) is 5.32. The van der Waals surface area contributed by atoms with Crippen LogP contribution in [-0.2, 0) is 9.59 Å². The summed E-state index contributed by atoms with van der Waals surface area (Å²) in [5.41, 5.74) is 0.684. The normalized spacial score (nSPS) is 14.3. The van der Waals surface area contributed by atoms with E-state index in [9.17, 15) is 14.4 Å². The zero-order valence-corrected chi connectivity index (χ0v) is 23.4. The first-order chi connectivity index (χ1) is 20.0. The van der Waals surface area contributed by atoms with Gasteiger partial charge < -0.3 is 14.2 Å². The number of barbiturate groups is 1. The van der Waals surface area contributed by atoms with Crippen LogP contribution in [0.4, 0.5) is 10.5 Å². The Morgan fingerprint density at radius 2 is 1.66 bits per heavy atom. The van der Waals surface area contributed by atoms with E-state index in [1.807, 2.05) is 19.1 Å². The number of imide groups is 2. The Kier molecular flexibility index (Phi) is 8.55. The smallest absolute Gasteiger partial charge is 0.335 e. The Morgan fingerprint density at radius 3 is 2.44 bits per heavy atom. The highest BCUT2D eigenvalue weighted by Crippen LogP contribution is 2.32. The van der Waals surface area contributed by atoms with E-state index in [4.69, 9.17) is 14.2 Å². The van der Waals surface area contributed by atoms with Gasteiger partial charge in [0.05, 0.1) is 26.0 Å². The molecule has 0 atom stereocenters. The maximum Gasteiger partial charge on any atom is 0.335 e. The van der Waals surface area contributed by atoms with Gasteiger partial charge in [0.25, 0.3) is 11.8 Å². The number of nitrogens with one attached hydrogen (secondary N) is 1. The number of rotatable bonds is 10. The minimum Gasteiger partial charge on any atom is -0.497 e. The Balaban J connectivity index is 1.30. The van der Waals surface area contributed by atoms with Crippen molar-refractivity contribution in [1.82, 2.24) is 5.32 Å². The van der Waals surface area contributed by atoms with Gasteiger partial charge in [-0.15, -0.1) is 11.8 Å². The minimum absolute atomic E-state index is 0.178. The molecule has 1 aliphatic rings. The number of anilines is 1. The molecule has 9 heteroatoms. The number of methoxy groups -OCH3 is 1. The predicted molar refractivity (Wildman–Crippen MR) is 160 cm³/mol. The molecule has 0 bridgehead atoms. The van der Waals surface area contributed by atoms with E-state index in [1.54, 1.807) is 54.2 Å². The Hall–Kier alpha value is -4.76. The molecule has 4 aromatic rings. The molecule has 0 radical (unpaired) electrons. The standard InChI is InChI=1S/C32H28N2O6S/c1-3-39-28-20-21(11-16-27(28)40-17-18-41-29-10-6-8-22-7-4-5-9-25(22)29)19-26-30(35)33-32(37)34(31(26)36)23-12-14-24(38-2)15-13-23/h4-16,19-20H,3,17-18H2,1-2H3,(H,33,35,37). The van der Waals surface area contributed by atoms with Crippen molar-refractivity contribution in [2.45, 2.75) is 11.8 Å². The topological polar surface area (TPSA) is 94.2 Å². The Labute approximate surface area is 241 Å². The largest absolute Gasteiger partial charge is 0.497 e. The summed E-state index contributed by atoms with van der Waals surface area (Å²) in [7, 11) is 1.52. The monoisotopic (exact) mass is 568 g/mol. The van der Waals surface area contributed by atoms with Gasteiger partial charge in [0.1, 0.15) is 11.3 Å². The molecule has 1 heterocycles. The van der Waals surface area contributed by atoms with Gasteiger partial charge in [-0.3, -0.25) is 14.9 Å². The van der Waals surface area contributed by atoms with Crippen molar-refractivity contribution in [1.29, 1.82) is 0 Å². The van der Waals surface area contributed by atoms with E-state index in [1.165, 1.54) is 28.9 Å². The molecule has 8 nitrogen and oxygen atoms in total. The second-order valence-corrected chi connectivity index (χ2v) is 10.1. The van der Waals surface area contributed by atoms with Gasteiger partial charge in [-0.2, -0.15) is 0 Å². The number of benzene rings is 4. The van der Waals surface area contributed by atoms with Crippen molar-refractivity contribution in [3.8, 4) is 17.2 Å². The molecule has 4 amide bonds. The van der Waals surface area contributed by atoms with Crippen LogP contribution in [0, 0.1) is 0 Å². The molecule has 208 valence electrons. The SMILES string of the molecule is CCOc1cc(C=C2C(=O)NC(=O)N(c3ccc(OC)cc3)C2=O)ccc1OCCSc1cccc2ccccc12. The van der Waals surface area contributed by atoms with E-state index in [2.05, 4.69) is 35.6 Å². The second kappa shape index (κ2) is 12.6. The highest BCUT2D eigenvalue weighted by atomic mass is 32.2. The molecule has 5 rings (SSSR count). The third-order valence-corrected chi connectivity index (χ3v) is 7.40. The van der Waals surface area contributed by atoms with Gasteiger partial charge in [-0.1, -0.05) is 42.5 Å². The number of hydrogen-bond donors (Lipinski definition) is 1. The summed E-state index contributed by atoms with van der Waals surface area (Å²) in [6.07, 6.45) is 1.43. The highest BCUT2D eigenvalue weighted by Gasteiger charge is 2.36. The first-order valence-electron chi connectivity index (χ1n) is 13.0. The van der Waals surface area contributed by atoms with Gasteiger partial charge in [-0.25, -0.2) is 9.69 Å². The van der Waals surface area contributed by atoms with Crippen LogP contribution in [0.1, 0.15) is 12.5 Å². The predicted octanol–water partition coefficient (Wildman–Crippen LogP) is 6.08. The first kappa shape index (κ1) is 27.8. The lowest BCUT2D eigenvalue weighted by Gasteiger charge is -2.26. The molecule has 0 spiro atoms. The molecule has 41 heavy (non-hydrogen) atoms. The van der Waals surface area contributed by atoms with Crippen LogP contribution in [0.25, 0.3) is 16.8 Å². The fourth-order valence-electron chi connectivity index (χ4n) is 4.42. The fraction of sp³-hybridized carbons (Fsp3) is 0.156. The molecule has 1 N–H and O–H groups in total. The van der Waals surface area contributed by atoms with Gasteiger partial charge in [0.2, 0.25) is 0 Å². The molecule has 0 saturated carbocycles. The minimum atomic E-state index is -0.817. The van der Waals surface area contributed by atoms with Crippen molar-refractivity contribution < 1.29 is 28.6 Å². The molecule has 0 aliphatic carbocycles. The summed E-state index contributed by atoms with van der Waals surface area (Å²) in [6.45, 7) is 2.72. The maximum atomic E-state index is 13.2. The molecular weight excluding hydrogens is 540 g/mol. The first-order valence-corrected chi connectivity index (χ1v) is 14.0. The van der Waals surface area contributed by atoms with Crippen molar-refractivity contribution in [3.63, 3.8) is 0 Å². The molecule has 4 aromatic carbocycles. The quantitative estimate of drug-likeness (QED) is 0.107. The van der Waals surface area contributed by atoms with Crippen LogP contribution < -0.4 is 24.4 Å². The number of carbonyl (C=O) groups excluding carboxylic acids is 3. The summed E-state index contributed by atoms with van der Waals surface area (Å²) in [5, 5.41) is 4.64. The average Bonchev–Trinajstić information content (AvgIpc) is 2.99. The molecule has 0 unspecified atom stereocenters. The summed E-state index contributed by atoms with van der Waals surface area (Å²) in [5.74, 6) is 0.852. The Morgan fingerprint density at radius 1 is 0.878 bits per heavy atom. The van der Waals surface area contributed by atoms with Crippen LogP contribution in [0.15, 0.2) is 95.4 Å². The number of fused-ring (bicyclic) bond motifs is 1. The number of hydrogen-bond acceptors (Lipinski definition) is 7. The number of urea groups is 1. The number of carbonyl (C=O) groups is 3. The summed E-state index contributed by atoms with van der Waals surface area (Å²) >= 11 is 1.72. The van der Waals surface area contributed by atoms with Gasteiger partial charge in [0, 0.05) is 10.6 Å². The van der Waals surface area contributed by atoms with Crippen LogP contribution in [-0.4, -0.2) is 43.9 Å². The van der Waals surface area contributed by atoms with Crippen molar-refractivity contribution in [2.75, 3.05) is 31.0 Å². The van der Waals surface area contributed by atoms with Crippen LogP contribution in [0.3, 0.4) is 0 Å². The summed E-state index contributed by atoms with van der Waals surface area (Å²) < 4.78 is 17.0. The van der Waals surface area contributed by atoms with E-state index in [0.29, 0.717) is 41.7 Å². The Bertz CT molecular complexity index is 1630. The van der Waals surface area contributed by atoms with Gasteiger partial charge >= 0.3 is 6.03 Å². The molecule has 1 saturated heterocycles. The van der Waals surface area contributed by atoms with Gasteiger partial charge in [0.15, 0.2) is 11.5 Å². The molecule has 1 fully saturated rings. The lowest BCUT2D eigenvalue weighted by molar-refractivity contribution is -0.122. The van der Waals surface area contributed by atoms with E-state index in [0.717, 1.165) is 10.7 Å². The van der Waals surface area contributed by atoms with Crippen molar-refractivity contribution in [2.24, 2.45) is 0 Å². The number of thioether (sulfide) groups is 1. The van der Waals surface area contributed by atoms with Crippen LogP contribution >= 0.6 is 11.8 Å². The van der Waals surface area contributed by atoms with Crippen molar-refractivity contribution >= 4 is 52.1 Å². The maximum absolute atomic E-state index is 13.2. The zero-order valence-electron chi connectivity index (χ0n) is 22.6. The number of amides is 4. The lowest BCUT2D eigenvalue weighted by atomic mass is 10.1. The van der Waals surface area contributed by atoms with E-state index in [-0.39, 0.29) is 5.57 Å². The highest BCUT2D eigenvalue weighted by molar-refractivity contribution is 7.99. The third-order valence-electron chi connectivity index (χ3n) is 6.36. The van der Waals surface area contributed by atoms with Crippen LogP contribution in [0.2, 0.25) is 0 Å². The van der Waals surface area contributed by atoms with E-state index < -0.39 is 17.8 Å². The molecular formula is C32H28N2O6S. The summed E-state index contributed by atoms with van der Waals surface area (Å²) in [6, 6.07) is 25.3. The number of nitrogens with zero attached hydrogens (tertiary/aromatic N) is 1. The number of ether oxygens (including phenoxy) is 3. The van der Waals surface area contributed by atoms with Crippen molar-refractivity contribution in [3.05, 3.63) is 96.1 Å². The lowest BCUT2D eigenvalue weighted by Crippen LogP contribution is -2.54. The van der Waals surface area contributed by atoms with Crippen LogP contribution in [0.5, 0.6) is 17.2 Å². The second-order valence-electron chi connectivity index (χ2n) is 8.97. The molecule has 0 aromatic heterocycles. The zero-order chi connectivity index (χ0) is 28.8. The molecule has 1 aliphatic heterocycles.